The van der Waals surface area contributed by atoms with Crippen LogP contribution in [-0.2, 0) is 19.6 Å². The summed E-state index contributed by atoms with van der Waals surface area (Å²) < 4.78 is 25.6. The van der Waals surface area contributed by atoms with E-state index in [9.17, 15) is 23.1 Å². The second kappa shape index (κ2) is 8.25. The van der Waals surface area contributed by atoms with Crippen LogP contribution < -0.4 is 5.32 Å². The zero-order chi connectivity index (χ0) is 17.6. The fourth-order valence-electron chi connectivity index (χ4n) is 2.68. The molecule has 1 aromatic carbocycles. The highest BCUT2D eigenvalue weighted by molar-refractivity contribution is 7.89. The largest absolute Gasteiger partial charge is 0.479 e. The van der Waals surface area contributed by atoms with Crippen LogP contribution >= 0.6 is 0 Å². The lowest BCUT2D eigenvalue weighted by atomic mass is 10.1. The number of carbonyl (C=O) groups is 2. The van der Waals surface area contributed by atoms with E-state index in [0.29, 0.717) is 18.7 Å². The van der Waals surface area contributed by atoms with Gasteiger partial charge in [-0.25, -0.2) is 17.5 Å². The van der Waals surface area contributed by atoms with E-state index >= 15 is 0 Å². The second-order valence-corrected chi connectivity index (χ2v) is 7.86. The zero-order valence-corrected chi connectivity index (χ0v) is 14.2. The maximum atomic E-state index is 12.1. The van der Waals surface area contributed by atoms with E-state index in [-0.39, 0.29) is 18.6 Å². The second-order valence-electron chi connectivity index (χ2n) is 5.78. The molecule has 1 atom stereocenters. The van der Waals surface area contributed by atoms with Crippen molar-refractivity contribution in [2.24, 2.45) is 0 Å². The molecule has 132 valence electrons. The molecule has 0 aliphatic carbocycles. The molecule has 0 aromatic heterocycles. The number of rotatable bonds is 8. The normalized spacial score (nSPS) is 16.7. The van der Waals surface area contributed by atoms with E-state index in [1.807, 2.05) is 0 Å². The van der Waals surface area contributed by atoms with E-state index in [1.54, 1.807) is 30.3 Å². The van der Waals surface area contributed by atoms with Gasteiger partial charge in [0.05, 0.1) is 5.75 Å². The molecule has 0 radical (unpaired) electrons. The Bertz CT molecular complexity index is 669. The molecule has 0 spiro atoms. The van der Waals surface area contributed by atoms with Crippen molar-refractivity contribution in [3.8, 4) is 0 Å². The summed E-state index contributed by atoms with van der Waals surface area (Å²) >= 11 is 0. The highest BCUT2D eigenvalue weighted by Crippen LogP contribution is 2.15. The number of amides is 1. The van der Waals surface area contributed by atoms with Gasteiger partial charge in [0.2, 0.25) is 15.9 Å². The molecule has 7 nitrogen and oxygen atoms in total. The van der Waals surface area contributed by atoms with Crippen molar-refractivity contribution in [2.45, 2.75) is 31.7 Å². The standard InChI is InChI=1S/C16H22N2O5S/c19-14(9-6-12-24(22,23)18-10-4-5-11-18)17-15(16(20)21)13-7-2-1-3-8-13/h1-3,7-8,15H,4-6,9-12H2,(H,17,19)(H,20,21)/t15-/m0/s1. The predicted octanol–water partition coefficient (Wildman–Crippen LogP) is 1.13. The van der Waals surface area contributed by atoms with Gasteiger partial charge in [0.15, 0.2) is 6.04 Å². The summed E-state index contributed by atoms with van der Waals surface area (Å²) in [5.41, 5.74) is 0.475. The maximum absolute atomic E-state index is 12.1. The van der Waals surface area contributed by atoms with Crippen LogP contribution in [0.4, 0.5) is 0 Å². The Morgan fingerprint density at radius 2 is 1.79 bits per heavy atom. The number of aliphatic carboxylic acids is 1. The van der Waals surface area contributed by atoms with Crippen LogP contribution in [0.2, 0.25) is 0 Å². The van der Waals surface area contributed by atoms with Crippen LogP contribution in [0.5, 0.6) is 0 Å². The number of nitrogens with zero attached hydrogens (tertiary/aromatic N) is 1. The van der Waals surface area contributed by atoms with E-state index < -0.39 is 27.9 Å². The van der Waals surface area contributed by atoms with Gasteiger partial charge in [0, 0.05) is 19.5 Å². The third kappa shape index (κ3) is 5.04. The van der Waals surface area contributed by atoms with Gasteiger partial charge >= 0.3 is 5.97 Å². The van der Waals surface area contributed by atoms with E-state index in [0.717, 1.165) is 12.8 Å². The van der Waals surface area contributed by atoms with Crippen molar-refractivity contribution < 1.29 is 23.1 Å². The van der Waals surface area contributed by atoms with Crippen LogP contribution in [0.25, 0.3) is 0 Å². The van der Waals surface area contributed by atoms with E-state index in [2.05, 4.69) is 5.32 Å². The minimum atomic E-state index is -3.32. The number of carbonyl (C=O) groups excluding carboxylic acids is 1. The first kappa shape index (κ1) is 18.4. The van der Waals surface area contributed by atoms with Gasteiger partial charge in [-0.05, 0) is 24.8 Å². The highest BCUT2D eigenvalue weighted by atomic mass is 32.2. The molecular weight excluding hydrogens is 332 g/mol. The van der Waals surface area contributed by atoms with Gasteiger partial charge in [0.1, 0.15) is 0 Å². The SMILES string of the molecule is O=C(CCCS(=O)(=O)N1CCCC1)N[C@H](C(=O)O)c1ccccc1. The van der Waals surface area contributed by atoms with Gasteiger partial charge in [-0.2, -0.15) is 0 Å². The molecule has 2 rings (SSSR count). The highest BCUT2D eigenvalue weighted by Gasteiger charge is 2.26. The molecule has 1 amide bonds. The fourth-order valence-corrected chi connectivity index (χ4v) is 4.26. The summed E-state index contributed by atoms with van der Waals surface area (Å²) in [6, 6.07) is 7.26. The number of nitrogens with one attached hydrogen (secondary N) is 1. The summed E-state index contributed by atoms with van der Waals surface area (Å²) in [5, 5.41) is 11.7. The van der Waals surface area contributed by atoms with Crippen molar-refractivity contribution in [3.05, 3.63) is 35.9 Å². The van der Waals surface area contributed by atoms with Gasteiger partial charge in [0.25, 0.3) is 0 Å². The molecule has 8 heteroatoms. The van der Waals surface area contributed by atoms with Gasteiger partial charge in [-0.3, -0.25) is 4.79 Å². The monoisotopic (exact) mass is 354 g/mol. The summed E-state index contributed by atoms with van der Waals surface area (Å²) in [5.74, 6) is -1.72. The topological polar surface area (TPSA) is 104 Å². The number of hydrogen-bond donors (Lipinski definition) is 2. The first-order valence-electron chi connectivity index (χ1n) is 7.95. The average molecular weight is 354 g/mol. The van der Waals surface area contributed by atoms with E-state index in [1.165, 1.54) is 4.31 Å². The Labute approximate surface area is 141 Å². The average Bonchev–Trinajstić information content (AvgIpc) is 3.08. The molecule has 0 unspecified atom stereocenters. The predicted molar refractivity (Wildman–Crippen MR) is 88.8 cm³/mol. The lowest BCUT2D eigenvalue weighted by Crippen LogP contribution is -2.34. The lowest BCUT2D eigenvalue weighted by molar-refractivity contribution is -0.142. The molecule has 2 N–H and O–H groups in total. The Kier molecular flexibility index (Phi) is 6.33. The van der Waals surface area contributed by atoms with Crippen LogP contribution in [-0.4, -0.2) is 48.5 Å². The van der Waals surface area contributed by atoms with Gasteiger partial charge < -0.3 is 10.4 Å². The Morgan fingerprint density at radius 1 is 1.17 bits per heavy atom. The lowest BCUT2D eigenvalue weighted by Gasteiger charge is -2.16. The Balaban J connectivity index is 1.84. The summed E-state index contributed by atoms with van der Waals surface area (Å²) in [6.07, 6.45) is 1.89. The number of hydrogen-bond acceptors (Lipinski definition) is 4. The minimum Gasteiger partial charge on any atom is -0.479 e. The van der Waals surface area contributed by atoms with Gasteiger partial charge in [-0.1, -0.05) is 30.3 Å². The molecule has 24 heavy (non-hydrogen) atoms. The summed E-state index contributed by atoms with van der Waals surface area (Å²) in [7, 11) is -3.32. The molecule has 0 bridgehead atoms. The molecular formula is C16H22N2O5S. The molecule has 1 saturated heterocycles. The van der Waals surface area contributed by atoms with Crippen LogP contribution in [0.1, 0.15) is 37.3 Å². The summed E-state index contributed by atoms with van der Waals surface area (Å²) in [6.45, 7) is 1.09. The number of sulfonamides is 1. The first-order valence-corrected chi connectivity index (χ1v) is 9.56. The van der Waals surface area contributed by atoms with Crippen molar-refractivity contribution >= 4 is 21.9 Å². The van der Waals surface area contributed by atoms with Crippen LogP contribution in [0.3, 0.4) is 0 Å². The molecule has 1 aliphatic rings. The number of benzene rings is 1. The third-order valence-electron chi connectivity index (χ3n) is 3.95. The summed E-state index contributed by atoms with van der Waals surface area (Å²) in [4.78, 5) is 23.3. The quantitative estimate of drug-likeness (QED) is 0.728. The minimum absolute atomic E-state index is 0.0241. The molecule has 0 saturated carbocycles. The van der Waals surface area contributed by atoms with E-state index in [4.69, 9.17) is 0 Å². The fraction of sp³-hybridized carbons (Fsp3) is 0.500. The molecule has 1 heterocycles. The number of carboxylic acid groups (broad SMARTS) is 1. The van der Waals surface area contributed by atoms with Crippen molar-refractivity contribution in [1.82, 2.24) is 9.62 Å². The zero-order valence-electron chi connectivity index (χ0n) is 13.3. The molecule has 1 fully saturated rings. The number of carboxylic acids is 1. The third-order valence-corrected chi connectivity index (χ3v) is 5.91. The smallest absolute Gasteiger partial charge is 0.330 e. The molecule has 1 aromatic rings. The van der Waals surface area contributed by atoms with Gasteiger partial charge in [-0.15, -0.1) is 0 Å². The van der Waals surface area contributed by atoms with Crippen molar-refractivity contribution in [3.63, 3.8) is 0 Å². The first-order chi connectivity index (χ1) is 11.4. The van der Waals surface area contributed by atoms with Crippen molar-refractivity contribution in [1.29, 1.82) is 0 Å². The molecule has 1 aliphatic heterocycles. The Morgan fingerprint density at radius 3 is 2.38 bits per heavy atom. The van der Waals surface area contributed by atoms with Crippen LogP contribution in [0.15, 0.2) is 30.3 Å². The van der Waals surface area contributed by atoms with Crippen molar-refractivity contribution in [2.75, 3.05) is 18.8 Å². The maximum Gasteiger partial charge on any atom is 0.330 e. The Hall–Kier alpha value is -1.93. The van der Waals surface area contributed by atoms with Crippen LogP contribution in [0, 0.1) is 0 Å².